The van der Waals surface area contributed by atoms with E-state index in [0.29, 0.717) is 31.6 Å². The van der Waals surface area contributed by atoms with Gasteiger partial charge in [0.15, 0.2) is 0 Å². The number of carbonyl (C=O) groups excluding carboxylic acids is 2. The maximum Gasteiger partial charge on any atom is 0.491 e. The standard InChI is InChI=1S/C16H18F3N3O3/c1-21-12(23)15(7-9-20-10-8-15)22(11-5-3-2-4-6-11)14(21)25-13(24)16(17,18)19/h2-6,14,20H,7-10H2,1H3. The van der Waals surface area contributed by atoms with Crippen molar-refractivity contribution >= 4 is 17.6 Å². The number of likely N-dealkylation sites (N-methyl/N-ethyl adjacent to an activating group) is 1. The average molecular weight is 357 g/mol. The van der Waals surface area contributed by atoms with Gasteiger partial charge in [-0.15, -0.1) is 0 Å². The van der Waals surface area contributed by atoms with Gasteiger partial charge in [0.2, 0.25) is 0 Å². The van der Waals surface area contributed by atoms with E-state index in [0.717, 1.165) is 4.90 Å². The number of esters is 1. The van der Waals surface area contributed by atoms with Gasteiger partial charge in [-0.1, -0.05) is 18.2 Å². The highest BCUT2D eigenvalue weighted by atomic mass is 19.4. The monoisotopic (exact) mass is 357 g/mol. The zero-order chi connectivity index (χ0) is 18.2. The van der Waals surface area contributed by atoms with Crippen LogP contribution in [0.2, 0.25) is 0 Å². The maximum atomic E-state index is 12.9. The van der Waals surface area contributed by atoms with Crippen molar-refractivity contribution in [2.75, 3.05) is 25.0 Å². The molecule has 9 heteroatoms. The lowest BCUT2D eigenvalue weighted by Gasteiger charge is -2.41. The lowest BCUT2D eigenvalue weighted by molar-refractivity contribution is -0.210. The second kappa shape index (κ2) is 6.21. The second-order valence-electron chi connectivity index (χ2n) is 6.13. The Balaban J connectivity index is 2.03. The van der Waals surface area contributed by atoms with Crippen molar-refractivity contribution < 1.29 is 27.5 Å². The summed E-state index contributed by atoms with van der Waals surface area (Å²) in [5, 5.41) is 3.14. The summed E-state index contributed by atoms with van der Waals surface area (Å²) in [7, 11) is 1.35. The number of piperidine rings is 1. The number of ether oxygens (including phenoxy) is 1. The van der Waals surface area contributed by atoms with Crippen LogP contribution in [0.1, 0.15) is 12.8 Å². The van der Waals surface area contributed by atoms with E-state index in [-0.39, 0.29) is 5.91 Å². The number of amides is 1. The van der Waals surface area contributed by atoms with Gasteiger partial charge in [0.1, 0.15) is 5.54 Å². The van der Waals surface area contributed by atoms with Crippen LogP contribution in [0.25, 0.3) is 0 Å². The van der Waals surface area contributed by atoms with Crippen LogP contribution in [0.15, 0.2) is 30.3 Å². The van der Waals surface area contributed by atoms with E-state index in [4.69, 9.17) is 4.74 Å². The van der Waals surface area contributed by atoms with Gasteiger partial charge in [0.25, 0.3) is 12.3 Å². The number of hydrogen-bond acceptors (Lipinski definition) is 5. The van der Waals surface area contributed by atoms with Crippen LogP contribution in [0.4, 0.5) is 18.9 Å². The molecule has 1 spiro atoms. The number of carbonyl (C=O) groups is 2. The number of benzene rings is 1. The first kappa shape index (κ1) is 17.5. The minimum Gasteiger partial charge on any atom is -0.416 e. The maximum absolute atomic E-state index is 12.9. The number of para-hydroxylation sites is 1. The molecule has 0 saturated carbocycles. The van der Waals surface area contributed by atoms with Gasteiger partial charge in [0.05, 0.1) is 0 Å². The highest BCUT2D eigenvalue weighted by Crippen LogP contribution is 2.41. The van der Waals surface area contributed by atoms with Crippen molar-refractivity contribution in [3.05, 3.63) is 30.3 Å². The molecular formula is C16H18F3N3O3. The molecule has 0 bridgehead atoms. The Morgan fingerprint density at radius 1 is 1.24 bits per heavy atom. The molecule has 0 aliphatic carbocycles. The first-order chi connectivity index (χ1) is 11.8. The van der Waals surface area contributed by atoms with E-state index in [1.54, 1.807) is 30.3 Å². The van der Waals surface area contributed by atoms with Gasteiger partial charge < -0.3 is 15.0 Å². The Morgan fingerprint density at radius 3 is 2.40 bits per heavy atom. The fourth-order valence-electron chi connectivity index (χ4n) is 3.47. The average Bonchev–Trinajstić information content (AvgIpc) is 2.78. The van der Waals surface area contributed by atoms with Crippen LogP contribution in [0, 0.1) is 0 Å². The van der Waals surface area contributed by atoms with E-state index in [2.05, 4.69) is 5.32 Å². The Kier molecular flexibility index (Phi) is 4.36. The predicted molar refractivity (Wildman–Crippen MR) is 82.5 cm³/mol. The van der Waals surface area contributed by atoms with Crippen LogP contribution >= 0.6 is 0 Å². The normalized spacial score (nSPS) is 23.2. The first-order valence-electron chi connectivity index (χ1n) is 7.87. The minimum atomic E-state index is -5.13. The Hall–Kier alpha value is -2.29. The Morgan fingerprint density at radius 2 is 1.84 bits per heavy atom. The Labute approximate surface area is 142 Å². The fourth-order valence-corrected chi connectivity index (χ4v) is 3.47. The molecule has 25 heavy (non-hydrogen) atoms. The third kappa shape index (κ3) is 2.92. The summed E-state index contributed by atoms with van der Waals surface area (Å²) in [6.07, 6.45) is -5.76. The molecule has 2 aliphatic rings. The van der Waals surface area contributed by atoms with E-state index in [1.165, 1.54) is 11.9 Å². The molecule has 2 saturated heterocycles. The largest absolute Gasteiger partial charge is 0.491 e. The van der Waals surface area contributed by atoms with Crippen molar-refractivity contribution in [3.8, 4) is 0 Å². The van der Waals surface area contributed by atoms with Gasteiger partial charge in [-0.25, -0.2) is 4.79 Å². The molecule has 2 heterocycles. The van der Waals surface area contributed by atoms with Crippen molar-refractivity contribution in [1.29, 1.82) is 0 Å². The molecular weight excluding hydrogens is 339 g/mol. The number of nitrogens with one attached hydrogen (secondary N) is 1. The third-order valence-corrected chi connectivity index (χ3v) is 4.64. The highest BCUT2D eigenvalue weighted by Gasteiger charge is 2.59. The molecule has 1 amide bonds. The summed E-state index contributed by atoms with van der Waals surface area (Å²) in [6.45, 7) is 1.09. The number of rotatable bonds is 2. The predicted octanol–water partition coefficient (Wildman–Crippen LogP) is 1.48. The molecule has 0 aromatic heterocycles. The lowest BCUT2D eigenvalue weighted by Crippen LogP contribution is -2.57. The molecule has 2 fully saturated rings. The molecule has 3 rings (SSSR count). The zero-order valence-electron chi connectivity index (χ0n) is 13.5. The van der Waals surface area contributed by atoms with E-state index < -0.39 is 24.0 Å². The third-order valence-electron chi connectivity index (χ3n) is 4.64. The van der Waals surface area contributed by atoms with E-state index in [1.807, 2.05) is 0 Å². The van der Waals surface area contributed by atoms with Crippen molar-refractivity contribution in [1.82, 2.24) is 10.2 Å². The van der Waals surface area contributed by atoms with Crippen LogP contribution in [0.5, 0.6) is 0 Å². The smallest absolute Gasteiger partial charge is 0.416 e. The van der Waals surface area contributed by atoms with Gasteiger partial charge in [-0.3, -0.25) is 9.69 Å². The molecule has 0 radical (unpaired) electrons. The van der Waals surface area contributed by atoms with Crippen molar-refractivity contribution in [3.63, 3.8) is 0 Å². The number of halogens is 3. The SMILES string of the molecule is CN1C(=O)C2(CCNCC2)N(c2ccccc2)C1OC(=O)C(F)(F)F. The van der Waals surface area contributed by atoms with Gasteiger partial charge in [0, 0.05) is 12.7 Å². The van der Waals surface area contributed by atoms with Crippen LogP contribution in [-0.4, -0.2) is 55.0 Å². The molecule has 1 unspecified atom stereocenters. The molecule has 2 aliphatic heterocycles. The van der Waals surface area contributed by atoms with Crippen LogP contribution < -0.4 is 10.2 Å². The van der Waals surface area contributed by atoms with Gasteiger partial charge >= 0.3 is 12.1 Å². The summed E-state index contributed by atoms with van der Waals surface area (Å²) >= 11 is 0. The topological polar surface area (TPSA) is 61.9 Å². The first-order valence-corrected chi connectivity index (χ1v) is 7.87. The van der Waals surface area contributed by atoms with Gasteiger partial charge in [-0.2, -0.15) is 13.2 Å². The molecule has 1 N–H and O–H groups in total. The van der Waals surface area contributed by atoms with Crippen LogP contribution in [-0.2, 0) is 14.3 Å². The van der Waals surface area contributed by atoms with E-state index in [9.17, 15) is 22.8 Å². The summed E-state index contributed by atoms with van der Waals surface area (Å²) in [5.74, 6) is -2.66. The molecule has 1 aromatic carbocycles. The summed E-state index contributed by atoms with van der Waals surface area (Å²) in [6, 6.07) is 8.57. The molecule has 136 valence electrons. The Bertz CT molecular complexity index is 660. The molecule has 1 aromatic rings. The quantitative estimate of drug-likeness (QED) is 0.813. The number of alkyl halides is 3. The second-order valence-corrected chi connectivity index (χ2v) is 6.13. The van der Waals surface area contributed by atoms with Crippen molar-refractivity contribution in [2.45, 2.75) is 30.9 Å². The minimum absolute atomic E-state index is 0.349. The number of hydrogen-bond donors (Lipinski definition) is 1. The fraction of sp³-hybridized carbons (Fsp3) is 0.500. The summed E-state index contributed by atoms with van der Waals surface area (Å²) in [4.78, 5) is 26.9. The summed E-state index contributed by atoms with van der Waals surface area (Å²) in [5.41, 5.74) is -0.500. The summed E-state index contributed by atoms with van der Waals surface area (Å²) < 4.78 is 42.8. The number of anilines is 1. The molecule has 1 atom stereocenters. The number of nitrogens with zero attached hydrogens (tertiary/aromatic N) is 2. The zero-order valence-corrected chi connectivity index (χ0v) is 13.5. The van der Waals surface area contributed by atoms with E-state index >= 15 is 0 Å². The van der Waals surface area contributed by atoms with Gasteiger partial charge in [-0.05, 0) is 38.1 Å². The lowest BCUT2D eigenvalue weighted by atomic mass is 9.86. The van der Waals surface area contributed by atoms with Crippen LogP contribution in [0.3, 0.4) is 0 Å². The highest BCUT2D eigenvalue weighted by molar-refractivity contribution is 5.94. The van der Waals surface area contributed by atoms with Crippen molar-refractivity contribution in [2.24, 2.45) is 0 Å². The molecule has 6 nitrogen and oxygen atoms in total.